The van der Waals surface area contributed by atoms with Gasteiger partial charge in [0.2, 0.25) is 0 Å². The molecule has 0 atom stereocenters. The van der Waals surface area contributed by atoms with Gasteiger partial charge in [0.05, 0.1) is 16.9 Å². The monoisotopic (exact) mass is 312 g/mol. The van der Waals surface area contributed by atoms with E-state index in [0.29, 0.717) is 12.2 Å². The van der Waals surface area contributed by atoms with Crippen LogP contribution in [0.3, 0.4) is 0 Å². The minimum absolute atomic E-state index is 0.0616. The number of aryl methyl sites for hydroxylation is 1. The van der Waals surface area contributed by atoms with E-state index < -0.39 is 12.1 Å². The largest absolute Gasteiger partial charge is 0.478 e. The Morgan fingerprint density at radius 3 is 2.78 bits per heavy atom. The van der Waals surface area contributed by atoms with Crippen LogP contribution in [0.2, 0.25) is 0 Å². The Balaban J connectivity index is 1.77. The molecule has 1 amide bonds. The van der Waals surface area contributed by atoms with E-state index in [1.165, 1.54) is 17.2 Å². The van der Waals surface area contributed by atoms with Crippen molar-refractivity contribution in [3.05, 3.63) is 59.4 Å². The van der Waals surface area contributed by atoms with Crippen molar-refractivity contribution < 1.29 is 19.4 Å². The van der Waals surface area contributed by atoms with Gasteiger partial charge in [-0.2, -0.15) is 0 Å². The molecular weight excluding hydrogens is 296 g/mol. The summed E-state index contributed by atoms with van der Waals surface area (Å²) in [6, 6.07) is 10.9. The second-order valence-corrected chi connectivity index (χ2v) is 5.29. The fraction of sp³-hybridized carbons (Fsp3) is 0.235. The number of aromatic nitrogens is 1. The zero-order chi connectivity index (χ0) is 16.2. The Labute approximate surface area is 133 Å². The predicted octanol–water partition coefficient (Wildman–Crippen LogP) is 2.87. The van der Waals surface area contributed by atoms with E-state index in [1.807, 2.05) is 30.3 Å². The van der Waals surface area contributed by atoms with Gasteiger partial charge >= 0.3 is 12.1 Å². The molecule has 0 spiro atoms. The lowest BCUT2D eigenvalue weighted by Crippen LogP contribution is -2.36. The number of hydrogen-bond donors (Lipinski definition) is 1. The molecule has 1 aliphatic heterocycles. The summed E-state index contributed by atoms with van der Waals surface area (Å²) >= 11 is 0. The molecule has 2 heterocycles. The van der Waals surface area contributed by atoms with E-state index >= 15 is 0 Å². The van der Waals surface area contributed by atoms with Gasteiger partial charge in [-0.25, -0.2) is 9.59 Å². The van der Waals surface area contributed by atoms with E-state index in [2.05, 4.69) is 4.98 Å². The molecule has 0 bridgehead atoms. The highest BCUT2D eigenvalue weighted by atomic mass is 16.6. The number of pyridine rings is 1. The summed E-state index contributed by atoms with van der Waals surface area (Å²) in [5.41, 5.74) is 2.20. The zero-order valence-electron chi connectivity index (χ0n) is 12.4. The molecule has 0 fully saturated rings. The number of ether oxygens (including phenoxy) is 1. The molecular formula is C17H16N2O4. The number of carbonyl (C=O) groups excluding carboxylic acids is 1. The van der Waals surface area contributed by atoms with Gasteiger partial charge in [0.15, 0.2) is 0 Å². The first-order valence-corrected chi connectivity index (χ1v) is 7.35. The highest BCUT2D eigenvalue weighted by Gasteiger charge is 2.25. The average molecular weight is 312 g/mol. The van der Waals surface area contributed by atoms with Crippen molar-refractivity contribution in [3.8, 4) is 0 Å². The maximum Gasteiger partial charge on any atom is 0.414 e. The number of anilines is 1. The Morgan fingerprint density at radius 1 is 1.26 bits per heavy atom. The van der Waals surface area contributed by atoms with Crippen LogP contribution in [0.15, 0.2) is 42.6 Å². The number of nitrogens with zero attached hydrogens (tertiary/aromatic N) is 2. The third kappa shape index (κ3) is 3.31. The third-order valence-corrected chi connectivity index (χ3v) is 3.71. The molecule has 1 N–H and O–H groups in total. The number of rotatable bonds is 3. The molecule has 1 aliphatic rings. The van der Waals surface area contributed by atoms with Crippen molar-refractivity contribution in [2.45, 2.75) is 19.4 Å². The van der Waals surface area contributed by atoms with Crippen LogP contribution in [-0.4, -0.2) is 28.7 Å². The first-order chi connectivity index (χ1) is 11.1. The minimum Gasteiger partial charge on any atom is -0.478 e. The molecule has 1 aromatic heterocycles. The standard InChI is InChI=1S/C17H16N2O4/c20-16(21)13-9-15-14(18-10-13)7-4-8-19(15)17(22)23-11-12-5-2-1-3-6-12/h1-3,5-6,9-10H,4,7-8,11H2,(H,20,21). The van der Waals surface area contributed by atoms with Crippen LogP contribution < -0.4 is 4.90 Å². The quantitative estimate of drug-likeness (QED) is 0.942. The second-order valence-electron chi connectivity index (χ2n) is 5.29. The van der Waals surface area contributed by atoms with Gasteiger partial charge in [-0.05, 0) is 24.5 Å². The molecule has 0 aliphatic carbocycles. The van der Waals surface area contributed by atoms with Gasteiger partial charge in [0.25, 0.3) is 0 Å². The number of amides is 1. The molecule has 118 valence electrons. The van der Waals surface area contributed by atoms with Gasteiger partial charge in [-0.1, -0.05) is 30.3 Å². The summed E-state index contributed by atoms with van der Waals surface area (Å²) in [6.07, 6.45) is 2.32. The average Bonchev–Trinajstić information content (AvgIpc) is 2.59. The molecule has 23 heavy (non-hydrogen) atoms. The zero-order valence-corrected chi connectivity index (χ0v) is 12.4. The van der Waals surface area contributed by atoms with Crippen LogP contribution in [0.25, 0.3) is 0 Å². The fourth-order valence-corrected chi connectivity index (χ4v) is 2.54. The van der Waals surface area contributed by atoms with Crippen molar-refractivity contribution in [1.82, 2.24) is 4.98 Å². The summed E-state index contributed by atoms with van der Waals surface area (Å²) < 4.78 is 5.34. The normalized spacial score (nSPS) is 13.3. The van der Waals surface area contributed by atoms with Gasteiger partial charge in [-0.15, -0.1) is 0 Å². The molecule has 6 heteroatoms. The van der Waals surface area contributed by atoms with Crippen LogP contribution in [0, 0.1) is 0 Å². The molecule has 3 rings (SSSR count). The van der Waals surface area contributed by atoms with Gasteiger partial charge in [0.1, 0.15) is 6.61 Å². The maximum absolute atomic E-state index is 12.3. The summed E-state index contributed by atoms with van der Waals surface area (Å²) in [5, 5.41) is 9.09. The lowest BCUT2D eigenvalue weighted by Gasteiger charge is -2.28. The first-order valence-electron chi connectivity index (χ1n) is 7.35. The van der Waals surface area contributed by atoms with Crippen LogP contribution in [0.4, 0.5) is 10.5 Å². The van der Waals surface area contributed by atoms with Gasteiger partial charge in [-0.3, -0.25) is 9.88 Å². The van der Waals surface area contributed by atoms with Crippen LogP contribution in [-0.2, 0) is 17.8 Å². The van der Waals surface area contributed by atoms with Crippen molar-refractivity contribution in [2.24, 2.45) is 0 Å². The first kappa shape index (κ1) is 15.0. The summed E-state index contributed by atoms with van der Waals surface area (Å²) in [4.78, 5) is 29.1. The van der Waals surface area contributed by atoms with E-state index in [9.17, 15) is 9.59 Å². The number of fused-ring (bicyclic) bond motifs is 1. The maximum atomic E-state index is 12.3. The van der Waals surface area contributed by atoms with E-state index in [1.54, 1.807) is 0 Å². The Hall–Kier alpha value is -2.89. The number of aromatic carboxylic acids is 1. The van der Waals surface area contributed by atoms with E-state index in [4.69, 9.17) is 9.84 Å². The third-order valence-electron chi connectivity index (χ3n) is 3.71. The Bertz CT molecular complexity index is 731. The SMILES string of the molecule is O=C(O)c1cnc2c(c1)N(C(=O)OCc1ccccc1)CCC2. The molecule has 1 aromatic carbocycles. The smallest absolute Gasteiger partial charge is 0.414 e. The number of carbonyl (C=O) groups is 2. The van der Waals surface area contributed by atoms with Gasteiger partial charge < -0.3 is 9.84 Å². The number of carboxylic acid groups (broad SMARTS) is 1. The highest BCUT2D eigenvalue weighted by Crippen LogP contribution is 2.27. The van der Waals surface area contributed by atoms with Gasteiger partial charge in [0, 0.05) is 12.7 Å². The van der Waals surface area contributed by atoms with Crippen LogP contribution in [0.1, 0.15) is 28.0 Å². The number of hydrogen-bond acceptors (Lipinski definition) is 4. The van der Waals surface area contributed by atoms with Crippen molar-refractivity contribution in [2.75, 3.05) is 11.4 Å². The molecule has 0 saturated carbocycles. The number of carboxylic acids is 1. The van der Waals surface area contributed by atoms with E-state index in [0.717, 1.165) is 24.1 Å². The predicted molar refractivity (Wildman–Crippen MR) is 83.5 cm³/mol. The highest BCUT2D eigenvalue weighted by molar-refractivity contribution is 5.93. The van der Waals surface area contributed by atoms with Crippen LogP contribution in [0.5, 0.6) is 0 Å². The summed E-state index contributed by atoms with van der Waals surface area (Å²) in [5.74, 6) is -1.07. The lowest BCUT2D eigenvalue weighted by atomic mass is 10.1. The lowest BCUT2D eigenvalue weighted by molar-refractivity contribution is 0.0696. The number of benzene rings is 1. The molecule has 0 radical (unpaired) electrons. The fourth-order valence-electron chi connectivity index (χ4n) is 2.54. The molecule has 6 nitrogen and oxygen atoms in total. The summed E-state index contributed by atoms with van der Waals surface area (Å²) in [6.45, 7) is 0.670. The van der Waals surface area contributed by atoms with Crippen molar-refractivity contribution >= 4 is 17.7 Å². The Morgan fingerprint density at radius 2 is 2.04 bits per heavy atom. The Kier molecular flexibility index (Phi) is 4.23. The van der Waals surface area contributed by atoms with Crippen molar-refractivity contribution in [3.63, 3.8) is 0 Å². The summed E-state index contributed by atoms with van der Waals surface area (Å²) in [7, 11) is 0. The molecule has 0 unspecified atom stereocenters. The van der Waals surface area contributed by atoms with Crippen LogP contribution >= 0.6 is 0 Å². The second kappa shape index (κ2) is 6.48. The van der Waals surface area contributed by atoms with Crippen molar-refractivity contribution in [1.29, 1.82) is 0 Å². The topological polar surface area (TPSA) is 79.7 Å². The molecule has 0 saturated heterocycles. The van der Waals surface area contributed by atoms with E-state index in [-0.39, 0.29) is 12.2 Å². The molecule has 2 aromatic rings. The minimum atomic E-state index is -1.07.